The lowest BCUT2D eigenvalue weighted by molar-refractivity contribution is -0.142. The molecule has 3 rings (SSSR count). The molecule has 0 saturated heterocycles. The number of carbonyl (C=O) groups is 2. The summed E-state index contributed by atoms with van der Waals surface area (Å²) in [6.45, 7) is 6.52. The second-order valence-electron chi connectivity index (χ2n) is 9.28. The largest absolute Gasteiger partial charge is 0.484 e. The molecular weight excluding hydrogens is 587 g/mol. The maximum absolute atomic E-state index is 13.7. The van der Waals surface area contributed by atoms with Crippen molar-refractivity contribution in [2.45, 2.75) is 52.6 Å². The first-order valence-electron chi connectivity index (χ1n) is 12.6. The highest BCUT2D eigenvalue weighted by Gasteiger charge is 2.30. The molecule has 0 aromatic heterocycles. The van der Waals surface area contributed by atoms with Gasteiger partial charge in [-0.2, -0.15) is 0 Å². The molecule has 3 aromatic carbocycles. The highest BCUT2D eigenvalue weighted by atomic mass is 79.9. The number of aryl methyl sites for hydroxylation is 2. The summed E-state index contributed by atoms with van der Waals surface area (Å²) >= 11 is 16.0. The van der Waals surface area contributed by atoms with Gasteiger partial charge in [-0.1, -0.05) is 88.9 Å². The molecule has 2 amide bonds. The Hall–Kier alpha value is -2.54. The van der Waals surface area contributed by atoms with E-state index in [0.717, 1.165) is 39.6 Å². The molecule has 0 spiro atoms. The van der Waals surface area contributed by atoms with Crippen molar-refractivity contribution >= 4 is 50.9 Å². The Morgan fingerprint density at radius 3 is 2.29 bits per heavy atom. The molecule has 5 nitrogen and oxygen atoms in total. The number of amides is 2. The molecule has 0 fully saturated rings. The van der Waals surface area contributed by atoms with Crippen LogP contribution < -0.4 is 10.1 Å². The third-order valence-electron chi connectivity index (χ3n) is 6.21. The van der Waals surface area contributed by atoms with Crippen LogP contribution in [0.3, 0.4) is 0 Å². The van der Waals surface area contributed by atoms with E-state index in [4.69, 9.17) is 27.9 Å². The molecule has 0 bridgehead atoms. The van der Waals surface area contributed by atoms with E-state index in [0.29, 0.717) is 28.8 Å². The maximum Gasteiger partial charge on any atom is 0.261 e. The molecule has 38 heavy (non-hydrogen) atoms. The molecule has 0 aliphatic heterocycles. The topological polar surface area (TPSA) is 58.6 Å². The van der Waals surface area contributed by atoms with Crippen LogP contribution in [0.1, 0.15) is 42.0 Å². The molecule has 0 heterocycles. The Morgan fingerprint density at radius 1 is 0.974 bits per heavy atom. The zero-order valence-electron chi connectivity index (χ0n) is 21.9. The molecule has 1 N–H and O–H groups in total. The van der Waals surface area contributed by atoms with Crippen LogP contribution in [0.4, 0.5) is 0 Å². The van der Waals surface area contributed by atoms with Crippen LogP contribution in [0, 0.1) is 13.8 Å². The number of benzene rings is 3. The quantitative estimate of drug-likeness (QED) is 0.216. The number of rotatable bonds is 12. The number of unbranched alkanes of at least 4 members (excludes halogenated alkanes) is 1. The van der Waals surface area contributed by atoms with Gasteiger partial charge in [-0.05, 0) is 66.8 Å². The zero-order chi connectivity index (χ0) is 27.7. The average molecular weight is 620 g/mol. The Kier molecular flexibility index (Phi) is 11.5. The van der Waals surface area contributed by atoms with Gasteiger partial charge in [-0.15, -0.1) is 0 Å². The molecule has 0 aliphatic rings. The zero-order valence-corrected chi connectivity index (χ0v) is 25.0. The maximum atomic E-state index is 13.7. The van der Waals surface area contributed by atoms with E-state index in [9.17, 15) is 9.59 Å². The van der Waals surface area contributed by atoms with Crippen LogP contribution >= 0.6 is 39.1 Å². The normalized spacial score (nSPS) is 11.6. The van der Waals surface area contributed by atoms with Gasteiger partial charge in [0.25, 0.3) is 5.91 Å². The second-order valence-corrected chi connectivity index (χ2v) is 10.9. The first kappa shape index (κ1) is 30.0. The number of carbonyl (C=O) groups excluding carboxylic acids is 2. The third kappa shape index (κ3) is 8.48. The molecule has 0 unspecified atom stereocenters. The van der Waals surface area contributed by atoms with Crippen molar-refractivity contribution in [2.24, 2.45) is 0 Å². The van der Waals surface area contributed by atoms with Crippen molar-refractivity contribution in [3.8, 4) is 5.75 Å². The van der Waals surface area contributed by atoms with Crippen LogP contribution in [0.5, 0.6) is 5.75 Å². The van der Waals surface area contributed by atoms with Crippen LogP contribution in [0.2, 0.25) is 10.0 Å². The summed E-state index contributed by atoms with van der Waals surface area (Å²) in [6, 6.07) is 17.9. The van der Waals surface area contributed by atoms with Gasteiger partial charge in [0.1, 0.15) is 11.8 Å². The Balaban J connectivity index is 1.92. The second kappa shape index (κ2) is 14.6. The number of hydrogen-bond donors (Lipinski definition) is 1. The monoisotopic (exact) mass is 618 g/mol. The molecule has 0 saturated carbocycles. The molecule has 3 aromatic rings. The third-order valence-corrected chi connectivity index (χ3v) is 8.20. The Bertz CT molecular complexity index is 1230. The van der Waals surface area contributed by atoms with Crippen molar-refractivity contribution in [3.63, 3.8) is 0 Å². The van der Waals surface area contributed by atoms with E-state index in [1.54, 1.807) is 17.0 Å². The fourth-order valence-electron chi connectivity index (χ4n) is 4.11. The Labute approximate surface area is 243 Å². The van der Waals surface area contributed by atoms with Crippen LogP contribution in [-0.4, -0.2) is 35.9 Å². The number of ether oxygens (including phenoxy) is 1. The van der Waals surface area contributed by atoms with Crippen molar-refractivity contribution in [1.29, 1.82) is 0 Å². The molecule has 1 atom stereocenters. The van der Waals surface area contributed by atoms with E-state index < -0.39 is 6.04 Å². The summed E-state index contributed by atoms with van der Waals surface area (Å²) in [5.74, 6) is 0.0879. The van der Waals surface area contributed by atoms with E-state index in [1.165, 1.54) is 0 Å². The van der Waals surface area contributed by atoms with Gasteiger partial charge in [0.15, 0.2) is 6.61 Å². The number of nitrogens with zero attached hydrogens (tertiary/aromatic N) is 1. The predicted molar refractivity (Wildman–Crippen MR) is 158 cm³/mol. The lowest BCUT2D eigenvalue weighted by atomic mass is 10.0. The Morgan fingerprint density at radius 2 is 1.66 bits per heavy atom. The predicted octanol–water partition coefficient (Wildman–Crippen LogP) is 7.31. The van der Waals surface area contributed by atoms with Crippen molar-refractivity contribution in [2.75, 3.05) is 13.2 Å². The van der Waals surface area contributed by atoms with Gasteiger partial charge in [0.05, 0.1) is 10.0 Å². The average Bonchev–Trinajstić information content (AvgIpc) is 2.90. The smallest absolute Gasteiger partial charge is 0.261 e. The lowest BCUT2D eigenvalue weighted by Crippen LogP contribution is -2.51. The minimum Gasteiger partial charge on any atom is -0.484 e. The molecule has 0 aliphatic carbocycles. The van der Waals surface area contributed by atoms with E-state index >= 15 is 0 Å². The van der Waals surface area contributed by atoms with Crippen LogP contribution in [-0.2, 0) is 22.6 Å². The van der Waals surface area contributed by atoms with Crippen LogP contribution in [0.25, 0.3) is 0 Å². The molecule has 0 radical (unpaired) electrons. The highest BCUT2D eigenvalue weighted by molar-refractivity contribution is 9.10. The fraction of sp³-hybridized carbons (Fsp3) is 0.333. The summed E-state index contributed by atoms with van der Waals surface area (Å²) in [5.41, 5.74) is 3.74. The van der Waals surface area contributed by atoms with Gasteiger partial charge >= 0.3 is 0 Å². The first-order chi connectivity index (χ1) is 18.2. The van der Waals surface area contributed by atoms with Gasteiger partial charge in [0, 0.05) is 24.0 Å². The van der Waals surface area contributed by atoms with E-state index in [2.05, 4.69) is 28.2 Å². The minimum atomic E-state index is -0.742. The first-order valence-corrected chi connectivity index (χ1v) is 14.2. The minimum absolute atomic E-state index is 0.177. The van der Waals surface area contributed by atoms with Crippen molar-refractivity contribution < 1.29 is 14.3 Å². The summed E-state index contributed by atoms with van der Waals surface area (Å²) in [7, 11) is 0. The molecule has 8 heteroatoms. The summed E-state index contributed by atoms with van der Waals surface area (Å²) in [6.07, 6.45) is 2.17. The van der Waals surface area contributed by atoms with Crippen LogP contribution in [0.15, 0.2) is 65.1 Å². The van der Waals surface area contributed by atoms with E-state index in [-0.39, 0.29) is 25.0 Å². The van der Waals surface area contributed by atoms with Gasteiger partial charge < -0.3 is 15.0 Å². The summed E-state index contributed by atoms with van der Waals surface area (Å²) in [4.78, 5) is 28.8. The molecule has 202 valence electrons. The standard InChI is InChI=1S/C30H33BrCl2N2O3/c1-4-5-13-34-30(37)27(17-22-9-7-6-8-10-22)35(18-23-11-12-25(32)26(33)16-23)28(36)19-38-24-14-20(2)29(31)21(3)15-24/h6-12,14-16,27H,4-5,13,17-19H2,1-3H3,(H,34,37)/t27-/m1/s1. The number of nitrogens with one attached hydrogen (secondary N) is 1. The fourth-order valence-corrected chi connectivity index (χ4v) is 4.66. The summed E-state index contributed by atoms with van der Waals surface area (Å²) in [5, 5.41) is 3.83. The molecular formula is C30H33BrCl2N2O3. The van der Waals surface area contributed by atoms with Gasteiger partial charge in [-0.25, -0.2) is 0 Å². The summed E-state index contributed by atoms with van der Waals surface area (Å²) < 4.78 is 6.94. The number of halogens is 3. The highest BCUT2D eigenvalue weighted by Crippen LogP contribution is 2.27. The van der Waals surface area contributed by atoms with Crippen molar-refractivity contribution in [1.82, 2.24) is 10.2 Å². The lowest BCUT2D eigenvalue weighted by Gasteiger charge is -2.31. The van der Waals surface area contributed by atoms with Gasteiger partial charge in [-0.3, -0.25) is 9.59 Å². The number of hydrogen-bond acceptors (Lipinski definition) is 3. The van der Waals surface area contributed by atoms with Crippen molar-refractivity contribution in [3.05, 3.63) is 97.4 Å². The van der Waals surface area contributed by atoms with Gasteiger partial charge in [0.2, 0.25) is 5.91 Å². The van der Waals surface area contributed by atoms with E-state index in [1.807, 2.05) is 62.4 Å². The SMILES string of the molecule is CCCCNC(=O)[C@@H](Cc1ccccc1)N(Cc1ccc(Cl)c(Cl)c1)C(=O)COc1cc(C)c(Br)c(C)c1.